The minimum atomic E-state index is -1.77. The predicted molar refractivity (Wildman–Crippen MR) is 160 cm³/mol. The third-order valence-corrected chi connectivity index (χ3v) is 9.65. The van der Waals surface area contributed by atoms with Gasteiger partial charge in [0.15, 0.2) is 0 Å². The molecule has 0 N–H and O–H groups in total. The van der Waals surface area contributed by atoms with E-state index in [1.54, 1.807) is 10.4 Å². The van der Waals surface area contributed by atoms with E-state index in [9.17, 15) is 0 Å². The molecule has 2 aromatic rings. The number of aryl methyl sites for hydroxylation is 2. The average molecular weight is 465 g/mol. The molecule has 0 unspecified atom stereocenters. The highest BCUT2D eigenvalue weighted by molar-refractivity contribution is 7.09. The van der Waals surface area contributed by atoms with Crippen LogP contribution in [0, 0.1) is 13.8 Å². The molecule has 33 heavy (non-hydrogen) atoms. The standard InChI is InChI=1S/C24H28Si.4C2H6/c1-15-9-11-21(13-17(15)3)23-19(5)20(6)24(25(23,7)8)22-12-10-16(2)18(4)14-22;4*1-2/h9-14H,1-2H2,3-8H3;4*1-2H3/b23-21+,24-22+;;;;. The molecule has 3 rings (SSSR count). The van der Waals surface area contributed by atoms with Crippen molar-refractivity contribution < 1.29 is 0 Å². The van der Waals surface area contributed by atoms with E-state index in [-0.39, 0.29) is 0 Å². The maximum atomic E-state index is 4.12. The molecule has 0 radical (unpaired) electrons. The number of hydrogen-bond donors (Lipinski definition) is 0. The fraction of sp³-hybridized carbons (Fsp3) is 0.438. The van der Waals surface area contributed by atoms with Crippen LogP contribution in [0.2, 0.25) is 13.1 Å². The van der Waals surface area contributed by atoms with Crippen LogP contribution in [-0.2, 0) is 0 Å². The van der Waals surface area contributed by atoms with Crippen LogP contribution in [0.25, 0.3) is 23.6 Å². The Morgan fingerprint density at radius 2 is 0.788 bits per heavy atom. The summed E-state index contributed by atoms with van der Waals surface area (Å²) in [4.78, 5) is 0. The fourth-order valence-electron chi connectivity index (χ4n) is 4.29. The van der Waals surface area contributed by atoms with E-state index in [4.69, 9.17) is 0 Å². The molecule has 1 aliphatic rings. The monoisotopic (exact) mass is 464 g/mol. The van der Waals surface area contributed by atoms with Gasteiger partial charge in [-0.1, -0.05) is 118 Å². The maximum Gasteiger partial charge on any atom is 0.114 e. The Balaban J connectivity index is 0. The van der Waals surface area contributed by atoms with Gasteiger partial charge in [-0.2, -0.15) is 0 Å². The summed E-state index contributed by atoms with van der Waals surface area (Å²) in [7, 11) is -1.77. The number of hydrogen-bond acceptors (Lipinski definition) is 0. The van der Waals surface area contributed by atoms with Crippen molar-refractivity contribution in [3.05, 3.63) is 79.5 Å². The molecule has 1 heterocycles. The first-order chi connectivity index (χ1) is 15.6. The average Bonchev–Trinajstić information content (AvgIpc) is 3.01. The molecule has 0 bridgehead atoms. The van der Waals surface area contributed by atoms with Crippen molar-refractivity contribution in [1.29, 1.82) is 0 Å². The lowest BCUT2D eigenvalue weighted by molar-refractivity contribution is 1.36. The largest absolute Gasteiger partial charge is 0.114 e. The zero-order valence-electron chi connectivity index (χ0n) is 24.4. The van der Waals surface area contributed by atoms with Crippen LogP contribution in [0.3, 0.4) is 0 Å². The van der Waals surface area contributed by atoms with Crippen LogP contribution in [0.15, 0.2) is 47.5 Å². The SMILES string of the molecule is C=c1cc/c(=C2C(C)=C(C)/C(=c3/ccc(=C)c(C)c3)[Si]/2(C)C)cc1C.CC.CC.CC.CC. The van der Waals surface area contributed by atoms with E-state index in [0.717, 1.165) is 10.4 Å². The minimum absolute atomic E-state index is 1.12. The summed E-state index contributed by atoms with van der Waals surface area (Å²) in [6.45, 7) is 38.1. The van der Waals surface area contributed by atoms with Crippen molar-refractivity contribution in [2.24, 2.45) is 0 Å². The van der Waals surface area contributed by atoms with Gasteiger partial charge in [-0.05, 0) is 81.2 Å². The zero-order valence-corrected chi connectivity index (χ0v) is 25.4. The van der Waals surface area contributed by atoms with E-state index >= 15 is 0 Å². The summed E-state index contributed by atoms with van der Waals surface area (Å²) in [5, 5.41) is 8.12. The predicted octanol–water partition coefficient (Wildman–Crippen LogP) is 7.37. The van der Waals surface area contributed by atoms with Gasteiger partial charge in [-0.15, -0.1) is 0 Å². The molecule has 0 nitrogen and oxygen atoms in total. The van der Waals surface area contributed by atoms with Crippen LogP contribution in [0.4, 0.5) is 0 Å². The summed E-state index contributed by atoms with van der Waals surface area (Å²) in [5.74, 6) is 0. The number of rotatable bonds is 0. The molecule has 0 atom stereocenters. The van der Waals surface area contributed by atoms with Gasteiger partial charge in [0.25, 0.3) is 0 Å². The van der Waals surface area contributed by atoms with Crippen molar-refractivity contribution in [2.75, 3.05) is 0 Å². The topological polar surface area (TPSA) is 0 Å². The lowest BCUT2D eigenvalue weighted by atomic mass is 10.1. The van der Waals surface area contributed by atoms with Crippen LogP contribution < -0.4 is 20.9 Å². The second-order valence-electron chi connectivity index (χ2n) is 7.91. The second-order valence-corrected chi connectivity index (χ2v) is 12.2. The number of benzene rings is 2. The van der Waals surface area contributed by atoms with Gasteiger partial charge in [0.2, 0.25) is 0 Å². The third kappa shape index (κ3) is 7.44. The normalized spacial score (nSPS) is 16.7. The van der Waals surface area contributed by atoms with Crippen LogP contribution in [0.5, 0.6) is 0 Å². The molecular formula is C32H52Si. The van der Waals surface area contributed by atoms with Crippen molar-refractivity contribution in [3.8, 4) is 0 Å². The molecule has 0 saturated heterocycles. The van der Waals surface area contributed by atoms with Crippen LogP contribution in [0.1, 0.15) is 80.4 Å². The van der Waals surface area contributed by atoms with Gasteiger partial charge in [-0.25, -0.2) is 0 Å². The highest BCUT2D eigenvalue weighted by atomic mass is 28.3. The van der Waals surface area contributed by atoms with E-state index in [2.05, 4.69) is 90.3 Å². The third-order valence-electron chi connectivity index (χ3n) is 5.83. The van der Waals surface area contributed by atoms with E-state index < -0.39 is 8.07 Å². The Hall–Kier alpha value is -2.12. The van der Waals surface area contributed by atoms with E-state index in [1.165, 1.54) is 32.7 Å². The summed E-state index contributed by atoms with van der Waals surface area (Å²) in [6.07, 6.45) is 0. The molecule has 0 spiro atoms. The smallest absolute Gasteiger partial charge is 0.0915 e. The number of allylic oxidation sites excluding steroid dienone is 2. The molecule has 0 aliphatic carbocycles. The van der Waals surface area contributed by atoms with Gasteiger partial charge >= 0.3 is 0 Å². The molecule has 0 aromatic heterocycles. The highest BCUT2D eigenvalue weighted by Gasteiger charge is 2.39. The molecule has 0 amide bonds. The maximum absolute atomic E-state index is 4.12. The molecule has 1 heteroatoms. The van der Waals surface area contributed by atoms with Gasteiger partial charge < -0.3 is 0 Å². The van der Waals surface area contributed by atoms with Crippen molar-refractivity contribution in [2.45, 2.75) is 96.2 Å². The van der Waals surface area contributed by atoms with Crippen LogP contribution >= 0.6 is 0 Å². The van der Waals surface area contributed by atoms with Gasteiger partial charge in [-0.3, -0.25) is 0 Å². The summed E-state index contributed by atoms with van der Waals surface area (Å²) in [5.41, 5.74) is 5.45. The molecule has 1 aliphatic heterocycles. The van der Waals surface area contributed by atoms with Gasteiger partial charge in [0, 0.05) is 0 Å². The molecule has 0 saturated carbocycles. The summed E-state index contributed by atoms with van der Waals surface area (Å²) < 4.78 is 0. The van der Waals surface area contributed by atoms with Crippen molar-refractivity contribution in [1.82, 2.24) is 0 Å². The van der Waals surface area contributed by atoms with E-state index in [1.807, 2.05) is 55.4 Å². The summed E-state index contributed by atoms with van der Waals surface area (Å²) >= 11 is 0. The van der Waals surface area contributed by atoms with Crippen molar-refractivity contribution >= 4 is 31.6 Å². The Bertz CT molecular complexity index is 1040. The second kappa shape index (κ2) is 15.7. The lowest BCUT2D eigenvalue weighted by Crippen LogP contribution is -2.35. The van der Waals surface area contributed by atoms with Crippen LogP contribution in [-0.4, -0.2) is 8.07 Å². The Labute approximate surface area is 207 Å². The highest BCUT2D eigenvalue weighted by Crippen LogP contribution is 2.43. The Morgan fingerprint density at radius 1 is 0.515 bits per heavy atom. The quantitative estimate of drug-likeness (QED) is 0.357. The fourth-order valence-corrected chi connectivity index (χ4v) is 8.55. The first-order valence-electron chi connectivity index (χ1n) is 12.9. The molecule has 2 aromatic carbocycles. The first-order valence-corrected chi connectivity index (χ1v) is 15.9. The minimum Gasteiger partial charge on any atom is -0.0915 e. The molecule has 0 fully saturated rings. The zero-order chi connectivity index (χ0) is 26.5. The molecular weight excluding hydrogens is 412 g/mol. The Morgan fingerprint density at radius 3 is 1.03 bits per heavy atom. The molecule has 184 valence electrons. The lowest BCUT2D eigenvalue weighted by Gasteiger charge is -2.23. The summed E-state index contributed by atoms with van der Waals surface area (Å²) in [6, 6.07) is 13.5. The first kappa shape index (κ1) is 33.1. The van der Waals surface area contributed by atoms with Gasteiger partial charge in [0.05, 0.1) is 0 Å². The Kier molecular flexibility index (Phi) is 15.7. The van der Waals surface area contributed by atoms with E-state index in [0.29, 0.717) is 0 Å². The van der Waals surface area contributed by atoms with Crippen molar-refractivity contribution in [3.63, 3.8) is 0 Å². The van der Waals surface area contributed by atoms with Gasteiger partial charge in [0.1, 0.15) is 8.07 Å².